The fourth-order valence-electron chi connectivity index (χ4n) is 2.44. The molecular weight excluding hydrogens is 350 g/mol. The van der Waals surface area contributed by atoms with Gasteiger partial charge in [0.1, 0.15) is 0 Å². The first-order valence-corrected chi connectivity index (χ1v) is 8.85. The molecule has 1 amide bonds. The molecule has 0 radical (unpaired) electrons. The molecule has 0 aliphatic carbocycles. The van der Waals surface area contributed by atoms with Crippen LogP contribution in [0.3, 0.4) is 0 Å². The van der Waals surface area contributed by atoms with Crippen LogP contribution in [0.4, 0.5) is 0 Å². The van der Waals surface area contributed by atoms with Crippen LogP contribution in [0.2, 0.25) is 0 Å². The smallest absolute Gasteiger partial charge is 0.251 e. The number of carbonyl (C=O) groups excluding carboxylic acids is 1. The normalized spacial score (nSPS) is 10.8. The van der Waals surface area contributed by atoms with Gasteiger partial charge >= 0.3 is 0 Å². The molecule has 0 bridgehead atoms. The first kappa shape index (κ1) is 16.2. The number of nitrogens with zero attached hydrogens (tertiary/aromatic N) is 4. The monoisotopic (exact) mass is 365 g/mol. The van der Waals surface area contributed by atoms with Crippen molar-refractivity contribution in [2.24, 2.45) is 0 Å². The van der Waals surface area contributed by atoms with E-state index in [9.17, 15) is 4.79 Å². The molecule has 0 aliphatic heterocycles. The van der Waals surface area contributed by atoms with Gasteiger partial charge < -0.3 is 14.4 Å². The number of benzene rings is 1. The molecular formula is C18H15N5O2S. The minimum absolute atomic E-state index is 0.185. The lowest BCUT2D eigenvalue weighted by atomic mass is 10.1. The fourth-order valence-corrected chi connectivity index (χ4v) is 3.09. The number of amides is 1. The van der Waals surface area contributed by atoms with Crippen molar-refractivity contribution in [3.8, 4) is 10.7 Å². The van der Waals surface area contributed by atoms with Crippen LogP contribution in [-0.4, -0.2) is 25.6 Å². The van der Waals surface area contributed by atoms with Crippen LogP contribution >= 0.6 is 11.3 Å². The number of imidazole rings is 1. The van der Waals surface area contributed by atoms with Gasteiger partial charge in [-0.05, 0) is 29.1 Å². The van der Waals surface area contributed by atoms with E-state index in [1.807, 2.05) is 40.4 Å². The van der Waals surface area contributed by atoms with E-state index in [4.69, 9.17) is 4.52 Å². The fraction of sp³-hybridized carbons (Fsp3) is 0.111. The van der Waals surface area contributed by atoms with Gasteiger partial charge in [0.15, 0.2) is 0 Å². The predicted octanol–water partition coefficient (Wildman–Crippen LogP) is 2.97. The molecule has 0 unspecified atom stereocenters. The van der Waals surface area contributed by atoms with Crippen molar-refractivity contribution in [2.45, 2.75) is 13.1 Å². The van der Waals surface area contributed by atoms with E-state index in [1.165, 1.54) is 11.3 Å². The van der Waals surface area contributed by atoms with E-state index in [-0.39, 0.29) is 12.5 Å². The Balaban J connectivity index is 1.34. The third-order valence-electron chi connectivity index (χ3n) is 3.75. The second kappa shape index (κ2) is 7.32. The van der Waals surface area contributed by atoms with E-state index in [2.05, 4.69) is 20.4 Å². The van der Waals surface area contributed by atoms with Crippen molar-refractivity contribution < 1.29 is 9.32 Å². The highest BCUT2D eigenvalue weighted by Gasteiger charge is 2.11. The maximum atomic E-state index is 12.3. The Morgan fingerprint density at radius 1 is 1.23 bits per heavy atom. The molecule has 8 heteroatoms. The maximum absolute atomic E-state index is 12.3. The van der Waals surface area contributed by atoms with Gasteiger partial charge in [-0.15, -0.1) is 11.3 Å². The second-order valence-electron chi connectivity index (χ2n) is 5.60. The summed E-state index contributed by atoms with van der Waals surface area (Å²) < 4.78 is 7.14. The van der Waals surface area contributed by atoms with Gasteiger partial charge in [-0.3, -0.25) is 4.79 Å². The Labute approximate surface area is 153 Å². The van der Waals surface area contributed by atoms with Crippen molar-refractivity contribution in [1.29, 1.82) is 0 Å². The highest BCUT2D eigenvalue weighted by molar-refractivity contribution is 7.13. The SMILES string of the molecule is O=C(NCc1nc(-c2cccs2)no1)c1ccc(Cn2ccnc2)cc1. The quantitative estimate of drug-likeness (QED) is 0.568. The molecule has 1 aromatic carbocycles. The Morgan fingerprint density at radius 3 is 2.85 bits per heavy atom. The molecule has 0 saturated carbocycles. The Morgan fingerprint density at radius 2 is 2.12 bits per heavy atom. The summed E-state index contributed by atoms with van der Waals surface area (Å²) >= 11 is 1.54. The molecule has 26 heavy (non-hydrogen) atoms. The van der Waals surface area contributed by atoms with Crippen LogP contribution in [0.25, 0.3) is 10.7 Å². The number of nitrogens with one attached hydrogen (secondary N) is 1. The third kappa shape index (κ3) is 3.70. The number of aromatic nitrogens is 4. The molecule has 0 aliphatic rings. The van der Waals surface area contributed by atoms with Gasteiger partial charge in [0.25, 0.3) is 5.91 Å². The van der Waals surface area contributed by atoms with Crippen molar-refractivity contribution in [2.75, 3.05) is 0 Å². The lowest BCUT2D eigenvalue weighted by molar-refractivity contribution is 0.0946. The van der Waals surface area contributed by atoms with Crippen LogP contribution in [-0.2, 0) is 13.1 Å². The van der Waals surface area contributed by atoms with Crippen LogP contribution in [0.15, 0.2) is 65.0 Å². The summed E-state index contributed by atoms with van der Waals surface area (Å²) in [6.45, 7) is 0.906. The van der Waals surface area contributed by atoms with Gasteiger partial charge in [0, 0.05) is 24.5 Å². The van der Waals surface area contributed by atoms with E-state index >= 15 is 0 Å². The van der Waals surface area contributed by atoms with Gasteiger partial charge in [-0.1, -0.05) is 23.4 Å². The summed E-state index contributed by atoms with van der Waals surface area (Å²) in [6.07, 6.45) is 5.40. The number of hydrogen-bond donors (Lipinski definition) is 1. The number of thiophene rings is 1. The molecule has 1 N–H and O–H groups in total. The minimum Gasteiger partial charge on any atom is -0.343 e. The lowest BCUT2D eigenvalue weighted by Crippen LogP contribution is -2.22. The number of rotatable bonds is 6. The second-order valence-corrected chi connectivity index (χ2v) is 6.55. The van der Waals surface area contributed by atoms with Crippen molar-refractivity contribution in [3.63, 3.8) is 0 Å². The summed E-state index contributed by atoms with van der Waals surface area (Å²) in [5, 5.41) is 8.66. The average molecular weight is 365 g/mol. The number of carbonyl (C=O) groups is 1. The molecule has 4 rings (SSSR count). The first-order chi connectivity index (χ1) is 12.8. The van der Waals surface area contributed by atoms with Crippen LogP contribution in [0.1, 0.15) is 21.8 Å². The number of hydrogen-bond acceptors (Lipinski definition) is 6. The molecule has 130 valence electrons. The van der Waals surface area contributed by atoms with E-state index < -0.39 is 0 Å². The Hall–Kier alpha value is -3.26. The highest BCUT2D eigenvalue weighted by Crippen LogP contribution is 2.21. The first-order valence-electron chi connectivity index (χ1n) is 7.97. The Kier molecular flexibility index (Phi) is 4.57. The van der Waals surface area contributed by atoms with Crippen molar-refractivity contribution >= 4 is 17.2 Å². The van der Waals surface area contributed by atoms with Crippen LogP contribution in [0, 0.1) is 0 Å². The molecule has 0 fully saturated rings. The molecule has 0 spiro atoms. The van der Waals surface area contributed by atoms with E-state index in [0.29, 0.717) is 17.3 Å². The van der Waals surface area contributed by atoms with Crippen molar-refractivity contribution in [3.05, 3.63) is 77.5 Å². The lowest BCUT2D eigenvalue weighted by Gasteiger charge is -2.05. The van der Waals surface area contributed by atoms with E-state index in [1.54, 1.807) is 24.7 Å². The summed E-state index contributed by atoms with van der Waals surface area (Å²) in [4.78, 5) is 21.5. The average Bonchev–Trinajstić information content (AvgIpc) is 3.41. The zero-order valence-electron chi connectivity index (χ0n) is 13.7. The highest BCUT2D eigenvalue weighted by atomic mass is 32.1. The van der Waals surface area contributed by atoms with E-state index in [0.717, 1.165) is 17.0 Å². The maximum Gasteiger partial charge on any atom is 0.251 e. The van der Waals surface area contributed by atoms with Gasteiger partial charge in [0.05, 0.1) is 17.7 Å². The topological polar surface area (TPSA) is 85.8 Å². The Bertz CT molecular complexity index is 975. The summed E-state index contributed by atoms with van der Waals surface area (Å²) in [5.74, 6) is 0.724. The van der Waals surface area contributed by atoms with Crippen LogP contribution < -0.4 is 5.32 Å². The molecule has 3 aromatic heterocycles. The summed E-state index contributed by atoms with van der Waals surface area (Å²) in [5.41, 5.74) is 1.68. The zero-order valence-corrected chi connectivity index (χ0v) is 14.5. The van der Waals surface area contributed by atoms with Crippen molar-refractivity contribution in [1.82, 2.24) is 25.0 Å². The molecule has 0 saturated heterocycles. The third-order valence-corrected chi connectivity index (χ3v) is 4.62. The van der Waals surface area contributed by atoms with Gasteiger partial charge in [-0.2, -0.15) is 4.98 Å². The minimum atomic E-state index is -0.185. The summed E-state index contributed by atoms with van der Waals surface area (Å²) in [7, 11) is 0. The van der Waals surface area contributed by atoms with Gasteiger partial charge in [0.2, 0.25) is 11.7 Å². The largest absolute Gasteiger partial charge is 0.343 e. The standard InChI is InChI=1S/C18H15N5O2S/c24-18(14-5-3-13(4-6-14)11-23-8-7-19-12-23)20-10-16-21-17(22-25-16)15-2-1-9-26-15/h1-9,12H,10-11H2,(H,20,24). The zero-order chi connectivity index (χ0) is 17.8. The summed E-state index contributed by atoms with van der Waals surface area (Å²) in [6, 6.07) is 11.3. The molecule has 0 atom stereocenters. The molecule has 7 nitrogen and oxygen atoms in total. The van der Waals surface area contributed by atoms with Crippen LogP contribution in [0.5, 0.6) is 0 Å². The predicted molar refractivity (Wildman–Crippen MR) is 96.6 cm³/mol. The molecule has 3 heterocycles. The van der Waals surface area contributed by atoms with Gasteiger partial charge in [-0.25, -0.2) is 4.98 Å². The molecule has 4 aromatic rings.